The number of halogens is 2. The molecule has 0 aromatic heterocycles. The quantitative estimate of drug-likeness (QED) is 0.401. The smallest absolute Gasteiger partial charge is 0.244 e. The van der Waals surface area contributed by atoms with Crippen LogP contribution >= 0.6 is 35.6 Å². The van der Waals surface area contributed by atoms with Crippen LogP contribution in [0.15, 0.2) is 29.3 Å². The minimum absolute atomic E-state index is 0. The summed E-state index contributed by atoms with van der Waals surface area (Å²) in [5, 5.41) is 3.98. The summed E-state index contributed by atoms with van der Waals surface area (Å²) in [5.41, 5.74) is 1.04. The highest BCUT2D eigenvalue weighted by molar-refractivity contribution is 14.0. The number of aliphatic imine (C=N–C) groups is 1. The van der Waals surface area contributed by atoms with E-state index in [9.17, 15) is 4.79 Å². The molecule has 0 aliphatic carbocycles. The van der Waals surface area contributed by atoms with Crippen molar-refractivity contribution < 1.29 is 4.79 Å². The molecular formula is C18H28ClIN4O. The number of hydrogen-bond acceptors (Lipinski definition) is 2. The van der Waals surface area contributed by atoms with Crippen molar-refractivity contribution in [3.8, 4) is 0 Å². The number of guanidine groups is 1. The normalized spacial score (nSPS) is 14.7. The van der Waals surface area contributed by atoms with Crippen molar-refractivity contribution in [1.29, 1.82) is 0 Å². The first-order chi connectivity index (χ1) is 11.6. The van der Waals surface area contributed by atoms with E-state index in [4.69, 9.17) is 11.6 Å². The summed E-state index contributed by atoms with van der Waals surface area (Å²) in [4.78, 5) is 20.7. The largest absolute Gasteiger partial charge is 0.357 e. The van der Waals surface area contributed by atoms with Gasteiger partial charge in [0.2, 0.25) is 5.91 Å². The number of amides is 1. The Balaban J connectivity index is 0.00000312. The molecule has 140 valence electrons. The Bertz CT molecular complexity index is 576. The molecule has 2 rings (SSSR count). The molecule has 0 unspecified atom stereocenters. The summed E-state index contributed by atoms with van der Waals surface area (Å²) in [6.45, 7) is 5.33. The molecule has 1 aliphatic rings. The number of carbonyl (C=O) groups is 1. The molecule has 0 bridgehead atoms. The third-order valence-corrected chi connectivity index (χ3v) is 4.50. The Morgan fingerprint density at radius 3 is 2.60 bits per heavy atom. The van der Waals surface area contributed by atoms with Crippen LogP contribution in [0.1, 0.15) is 31.7 Å². The molecule has 1 aromatic rings. The van der Waals surface area contributed by atoms with Gasteiger partial charge in [0.15, 0.2) is 5.96 Å². The van der Waals surface area contributed by atoms with E-state index >= 15 is 0 Å². The number of hydrogen-bond donors (Lipinski definition) is 1. The first-order valence-corrected chi connectivity index (χ1v) is 9.00. The van der Waals surface area contributed by atoms with Gasteiger partial charge in [-0.05, 0) is 37.8 Å². The molecule has 1 heterocycles. The zero-order chi connectivity index (χ0) is 17.4. The second kappa shape index (κ2) is 11.6. The molecule has 7 heteroatoms. The van der Waals surface area contributed by atoms with Gasteiger partial charge in [-0.25, -0.2) is 4.99 Å². The van der Waals surface area contributed by atoms with Crippen LogP contribution in [0, 0.1) is 0 Å². The van der Waals surface area contributed by atoms with Crippen molar-refractivity contribution >= 4 is 47.4 Å². The average molecular weight is 479 g/mol. The number of rotatable bonds is 5. The lowest BCUT2D eigenvalue weighted by Crippen LogP contribution is -2.41. The highest BCUT2D eigenvalue weighted by Gasteiger charge is 2.16. The Kier molecular flexibility index (Phi) is 10.2. The molecule has 0 saturated carbocycles. The van der Waals surface area contributed by atoms with Gasteiger partial charge in [0.05, 0.1) is 0 Å². The fourth-order valence-electron chi connectivity index (χ4n) is 2.81. The zero-order valence-corrected chi connectivity index (χ0v) is 18.1. The van der Waals surface area contributed by atoms with Crippen molar-refractivity contribution in [2.45, 2.75) is 32.7 Å². The monoisotopic (exact) mass is 478 g/mol. The molecule has 1 amide bonds. The van der Waals surface area contributed by atoms with E-state index < -0.39 is 0 Å². The van der Waals surface area contributed by atoms with Crippen molar-refractivity contribution in [2.24, 2.45) is 4.99 Å². The summed E-state index contributed by atoms with van der Waals surface area (Å²) in [6.07, 6.45) is 3.42. The number of likely N-dealkylation sites (tertiary alicyclic amines) is 1. The van der Waals surface area contributed by atoms with Crippen LogP contribution in [0.5, 0.6) is 0 Å². The lowest BCUT2D eigenvalue weighted by atomic mass is 10.1. The molecule has 0 radical (unpaired) electrons. The summed E-state index contributed by atoms with van der Waals surface area (Å²) < 4.78 is 0. The molecule has 1 fully saturated rings. The Morgan fingerprint density at radius 2 is 1.96 bits per heavy atom. The van der Waals surface area contributed by atoms with Crippen LogP contribution in [0.3, 0.4) is 0 Å². The summed E-state index contributed by atoms with van der Waals surface area (Å²) in [5.74, 6) is 0.832. The van der Waals surface area contributed by atoms with Crippen LogP contribution in [0.2, 0.25) is 5.02 Å². The maximum Gasteiger partial charge on any atom is 0.244 e. The van der Waals surface area contributed by atoms with Crippen molar-refractivity contribution in [2.75, 3.05) is 33.2 Å². The van der Waals surface area contributed by atoms with Crippen LogP contribution in [0.4, 0.5) is 0 Å². The van der Waals surface area contributed by atoms with Gasteiger partial charge >= 0.3 is 0 Å². The number of benzene rings is 1. The lowest BCUT2D eigenvalue weighted by molar-refractivity contribution is -0.130. The summed E-state index contributed by atoms with van der Waals surface area (Å²) >= 11 is 6.23. The molecule has 1 aliphatic heterocycles. The third kappa shape index (κ3) is 7.01. The van der Waals surface area contributed by atoms with E-state index in [2.05, 4.69) is 10.3 Å². The third-order valence-electron chi connectivity index (χ3n) is 4.13. The Hall–Kier alpha value is -1.02. The van der Waals surface area contributed by atoms with Crippen LogP contribution in [0.25, 0.3) is 0 Å². The predicted octanol–water partition coefficient (Wildman–Crippen LogP) is 3.37. The topological polar surface area (TPSA) is 47.9 Å². The molecule has 1 saturated heterocycles. The van der Waals surface area contributed by atoms with Gasteiger partial charge < -0.3 is 15.1 Å². The van der Waals surface area contributed by atoms with E-state index in [1.807, 2.05) is 48.0 Å². The van der Waals surface area contributed by atoms with Crippen molar-refractivity contribution in [3.05, 3.63) is 34.9 Å². The van der Waals surface area contributed by atoms with E-state index in [1.165, 1.54) is 6.42 Å². The summed E-state index contributed by atoms with van der Waals surface area (Å²) in [6, 6.07) is 7.78. The fraction of sp³-hybridized carbons (Fsp3) is 0.556. The number of carbonyl (C=O) groups excluding carboxylic acids is 1. The van der Waals surface area contributed by atoms with Gasteiger partial charge in [0, 0.05) is 38.2 Å². The van der Waals surface area contributed by atoms with Gasteiger partial charge in [-0.15, -0.1) is 24.0 Å². The second-order valence-electron chi connectivity index (χ2n) is 6.06. The maximum atomic E-state index is 12.3. The minimum Gasteiger partial charge on any atom is -0.357 e. The Morgan fingerprint density at radius 1 is 1.28 bits per heavy atom. The van der Waals surface area contributed by atoms with Gasteiger partial charge in [-0.3, -0.25) is 4.79 Å². The van der Waals surface area contributed by atoms with Crippen molar-refractivity contribution in [1.82, 2.24) is 15.1 Å². The van der Waals surface area contributed by atoms with E-state index in [1.54, 1.807) is 0 Å². The molecular weight excluding hydrogens is 451 g/mol. The molecule has 5 nitrogen and oxygen atoms in total. The lowest BCUT2D eigenvalue weighted by Gasteiger charge is -2.27. The van der Waals surface area contributed by atoms with Crippen molar-refractivity contribution in [3.63, 3.8) is 0 Å². The first-order valence-electron chi connectivity index (χ1n) is 8.62. The van der Waals surface area contributed by atoms with Gasteiger partial charge in [0.1, 0.15) is 6.54 Å². The van der Waals surface area contributed by atoms with Crippen LogP contribution in [-0.2, 0) is 11.3 Å². The number of nitrogens with zero attached hydrogens (tertiary/aromatic N) is 3. The molecule has 1 N–H and O–H groups in total. The van der Waals surface area contributed by atoms with E-state index in [-0.39, 0.29) is 36.4 Å². The van der Waals surface area contributed by atoms with Gasteiger partial charge in [-0.2, -0.15) is 0 Å². The maximum absolute atomic E-state index is 12.3. The van der Waals surface area contributed by atoms with Crippen LogP contribution in [-0.4, -0.2) is 54.9 Å². The standard InChI is InChI=1S/C18H27ClN4O.HI/c1-3-20-18(21-13-17(24)23-11-7-4-8-12-23)22(2)14-15-9-5-6-10-16(15)19;/h5-6,9-10H,3-4,7-8,11-14H2,1-2H3,(H,20,21);1H. The average Bonchev–Trinajstić information content (AvgIpc) is 2.61. The first kappa shape index (κ1) is 22.0. The molecule has 0 spiro atoms. The van der Waals surface area contributed by atoms with Crippen LogP contribution < -0.4 is 5.32 Å². The molecule has 0 atom stereocenters. The Labute approximate surface area is 172 Å². The minimum atomic E-state index is 0. The highest BCUT2D eigenvalue weighted by atomic mass is 127. The van der Waals surface area contributed by atoms with Gasteiger partial charge in [-0.1, -0.05) is 29.8 Å². The van der Waals surface area contributed by atoms with E-state index in [0.29, 0.717) is 6.54 Å². The highest BCUT2D eigenvalue weighted by Crippen LogP contribution is 2.16. The zero-order valence-electron chi connectivity index (χ0n) is 15.0. The predicted molar refractivity (Wildman–Crippen MR) is 115 cm³/mol. The van der Waals surface area contributed by atoms with Gasteiger partial charge in [0.25, 0.3) is 0 Å². The summed E-state index contributed by atoms with van der Waals surface area (Å²) in [7, 11) is 1.95. The second-order valence-corrected chi connectivity index (χ2v) is 6.47. The van der Waals surface area contributed by atoms with E-state index in [0.717, 1.165) is 49.0 Å². The molecule has 1 aromatic carbocycles. The number of piperidine rings is 1. The fourth-order valence-corrected chi connectivity index (χ4v) is 3.01. The SMILES string of the molecule is CCNC(=NCC(=O)N1CCCCC1)N(C)Cc1ccccc1Cl.I. The number of nitrogens with one attached hydrogen (secondary N) is 1. The molecule has 25 heavy (non-hydrogen) atoms.